The fourth-order valence-electron chi connectivity index (χ4n) is 5.10. The van der Waals surface area contributed by atoms with Crippen molar-refractivity contribution in [3.8, 4) is 5.75 Å². The van der Waals surface area contributed by atoms with E-state index in [1.54, 1.807) is 28.0 Å². The number of amides is 3. The normalized spacial score (nSPS) is 14.8. The summed E-state index contributed by atoms with van der Waals surface area (Å²) in [5, 5.41) is 3.74. The molecule has 8 nitrogen and oxygen atoms in total. The fraction of sp³-hybridized carbons (Fsp3) is 0.250. The number of fused-ring (bicyclic) bond motifs is 2. The Kier molecular flexibility index (Phi) is 7.89. The highest BCUT2D eigenvalue weighted by Gasteiger charge is 2.42. The topological polar surface area (TPSA) is 68.4 Å². The van der Waals surface area contributed by atoms with Crippen LogP contribution in [0.25, 0.3) is 10.8 Å². The number of methoxy groups -OCH3 is 1. The van der Waals surface area contributed by atoms with Crippen molar-refractivity contribution in [3.63, 3.8) is 0 Å². The first-order chi connectivity index (χ1) is 19.4. The average molecular weight is 538 g/mol. The van der Waals surface area contributed by atoms with Crippen molar-refractivity contribution in [1.29, 1.82) is 0 Å². The maximum Gasteiger partial charge on any atom is 0.344 e. The van der Waals surface area contributed by atoms with Crippen molar-refractivity contribution in [3.05, 3.63) is 96.6 Å². The van der Waals surface area contributed by atoms with E-state index in [9.17, 15) is 9.59 Å². The van der Waals surface area contributed by atoms with E-state index in [0.717, 1.165) is 22.1 Å². The van der Waals surface area contributed by atoms with E-state index >= 15 is 0 Å². The molecule has 0 saturated carbocycles. The second-order valence-corrected chi connectivity index (χ2v) is 10.1. The van der Waals surface area contributed by atoms with Gasteiger partial charge in [-0.25, -0.2) is 9.80 Å². The van der Waals surface area contributed by atoms with E-state index in [2.05, 4.69) is 5.43 Å². The van der Waals surface area contributed by atoms with Gasteiger partial charge in [-0.1, -0.05) is 55.5 Å². The van der Waals surface area contributed by atoms with Crippen LogP contribution in [0.2, 0.25) is 0 Å². The SMILES string of the molecule is CCC1N(c2ccc3ccccc3c2)C(=O)c2ccccc2N1C(=O)N(CCN(C)C)Nc1cccc(OC)c1. The standard InChI is InChI=1S/C32H35N5O3/c1-5-30-36(26-18-17-23-11-6-7-12-24(23)21-26)31(38)28-15-8-9-16-29(28)37(30)32(39)35(20-19-34(2)3)33-25-13-10-14-27(22-25)40-4/h6-18,21-22,30,33H,5,19-20H2,1-4H3. The minimum Gasteiger partial charge on any atom is -0.497 e. The summed E-state index contributed by atoms with van der Waals surface area (Å²) in [6, 6.07) is 28.6. The zero-order chi connectivity index (χ0) is 28.2. The van der Waals surface area contributed by atoms with Crippen LogP contribution in [-0.2, 0) is 0 Å². The third-order valence-electron chi connectivity index (χ3n) is 7.13. The number of hydrogen-bond acceptors (Lipinski definition) is 5. The number of urea groups is 1. The molecule has 1 heterocycles. The molecule has 1 aliphatic rings. The molecule has 0 radical (unpaired) electrons. The molecule has 0 fully saturated rings. The molecule has 0 aliphatic carbocycles. The van der Waals surface area contributed by atoms with Crippen molar-refractivity contribution in [1.82, 2.24) is 9.91 Å². The van der Waals surface area contributed by atoms with Crippen LogP contribution in [0.4, 0.5) is 21.9 Å². The quantitative estimate of drug-likeness (QED) is 0.277. The second kappa shape index (κ2) is 11.7. The zero-order valence-electron chi connectivity index (χ0n) is 23.4. The summed E-state index contributed by atoms with van der Waals surface area (Å²) in [5.41, 5.74) is 5.87. The Labute approximate surface area is 235 Å². The van der Waals surface area contributed by atoms with Gasteiger partial charge in [-0.05, 0) is 67.7 Å². The molecule has 4 aromatic carbocycles. The Morgan fingerprint density at radius 1 is 0.900 bits per heavy atom. The molecule has 1 N–H and O–H groups in total. The van der Waals surface area contributed by atoms with Gasteiger partial charge in [0.2, 0.25) is 0 Å². The lowest BCUT2D eigenvalue weighted by atomic mass is 10.0. The van der Waals surface area contributed by atoms with Gasteiger partial charge in [0.15, 0.2) is 0 Å². The van der Waals surface area contributed by atoms with Gasteiger partial charge in [0.25, 0.3) is 5.91 Å². The summed E-state index contributed by atoms with van der Waals surface area (Å²) in [4.78, 5) is 34.0. The number of nitrogens with zero attached hydrogens (tertiary/aromatic N) is 4. The van der Waals surface area contributed by atoms with Crippen LogP contribution in [0.15, 0.2) is 91.0 Å². The number of nitrogens with one attached hydrogen (secondary N) is 1. The Hall–Kier alpha value is -4.56. The highest BCUT2D eigenvalue weighted by Crippen LogP contribution is 2.37. The number of benzene rings is 4. The first kappa shape index (κ1) is 27.0. The van der Waals surface area contributed by atoms with E-state index in [0.29, 0.717) is 36.5 Å². The maximum atomic E-state index is 14.5. The Morgan fingerprint density at radius 2 is 1.65 bits per heavy atom. The van der Waals surface area contributed by atoms with Crippen molar-refractivity contribution in [2.75, 3.05) is 49.5 Å². The van der Waals surface area contributed by atoms with E-state index in [4.69, 9.17) is 4.74 Å². The zero-order valence-corrected chi connectivity index (χ0v) is 23.4. The molecule has 8 heteroatoms. The number of carbonyl (C=O) groups is 2. The van der Waals surface area contributed by atoms with E-state index in [-0.39, 0.29) is 11.9 Å². The van der Waals surface area contributed by atoms with Crippen molar-refractivity contribution in [2.45, 2.75) is 19.5 Å². The smallest absolute Gasteiger partial charge is 0.344 e. The lowest BCUT2D eigenvalue weighted by Gasteiger charge is -2.45. The number of likely N-dealkylation sites (N-methyl/N-ethyl adjacent to an activating group) is 1. The van der Waals surface area contributed by atoms with Crippen molar-refractivity contribution in [2.24, 2.45) is 0 Å². The number of para-hydroxylation sites is 1. The first-order valence-corrected chi connectivity index (χ1v) is 13.5. The Balaban J connectivity index is 1.58. The molecule has 40 heavy (non-hydrogen) atoms. The molecule has 3 amide bonds. The molecule has 5 rings (SSSR count). The number of hydrazine groups is 1. The van der Waals surface area contributed by atoms with Gasteiger partial charge < -0.3 is 9.64 Å². The summed E-state index contributed by atoms with van der Waals surface area (Å²) < 4.78 is 5.39. The highest BCUT2D eigenvalue weighted by molar-refractivity contribution is 6.16. The van der Waals surface area contributed by atoms with E-state index in [1.807, 2.05) is 111 Å². The summed E-state index contributed by atoms with van der Waals surface area (Å²) in [6.45, 7) is 3.06. The summed E-state index contributed by atoms with van der Waals surface area (Å²) in [5.74, 6) is 0.565. The van der Waals surface area contributed by atoms with Gasteiger partial charge in [0, 0.05) is 18.3 Å². The summed E-state index contributed by atoms with van der Waals surface area (Å²) in [7, 11) is 5.56. The molecule has 4 aromatic rings. The predicted octanol–water partition coefficient (Wildman–Crippen LogP) is 6.06. The predicted molar refractivity (Wildman–Crippen MR) is 161 cm³/mol. The maximum absolute atomic E-state index is 14.5. The minimum atomic E-state index is -0.523. The van der Waals surface area contributed by atoms with Crippen LogP contribution >= 0.6 is 0 Å². The number of hydrogen-bond donors (Lipinski definition) is 1. The van der Waals surface area contributed by atoms with Gasteiger partial charge in [0.1, 0.15) is 11.9 Å². The Morgan fingerprint density at radius 3 is 2.40 bits per heavy atom. The van der Waals surface area contributed by atoms with Gasteiger partial charge >= 0.3 is 6.03 Å². The van der Waals surface area contributed by atoms with Crippen molar-refractivity contribution >= 4 is 39.8 Å². The number of ether oxygens (including phenoxy) is 1. The Bertz CT molecular complexity index is 1520. The molecule has 0 saturated heterocycles. The molecule has 0 spiro atoms. The largest absolute Gasteiger partial charge is 0.497 e. The van der Waals surface area contributed by atoms with Crippen LogP contribution in [0.1, 0.15) is 23.7 Å². The van der Waals surface area contributed by atoms with Crippen LogP contribution in [0, 0.1) is 0 Å². The van der Waals surface area contributed by atoms with Crippen LogP contribution in [-0.4, -0.2) is 62.3 Å². The third kappa shape index (κ3) is 5.31. The third-order valence-corrected chi connectivity index (χ3v) is 7.13. The lowest BCUT2D eigenvalue weighted by molar-refractivity contribution is 0.0968. The van der Waals surface area contributed by atoms with E-state index in [1.165, 1.54) is 0 Å². The molecule has 0 bridgehead atoms. The van der Waals surface area contributed by atoms with Gasteiger partial charge in [-0.2, -0.15) is 0 Å². The van der Waals surface area contributed by atoms with Gasteiger partial charge in [0.05, 0.1) is 30.6 Å². The number of anilines is 3. The monoisotopic (exact) mass is 537 g/mol. The molecule has 206 valence electrons. The average Bonchev–Trinajstić information content (AvgIpc) is 2.98. The summed E-state index contributed by atoms with van der Waals surface area (Å²) >= 11 is 0. The number of carbonyl (C=O) groups excluding carboxylic acids is 2. The van der Waals surface area contributed by atoms with Crippen LogP contribution in [0.3, 0.4) is 0 Å². The molecule has 0 aromatic heterocycles. The fourth-order valence-corrected chi connectivity index (χ4v) is 5.10. The minimum absolute atomic E-state index is 0.123. The van der Waals surface area contributed by atoms with Crippen molar-refractivity contribution < 1.29 is 14.3 Å². The molecule has 1 aliphatic heterocycles. The first-order valence-electron chi connectivity index (χ1n) is 13.5. The lowest BCUT2D eigenvalue weighted by Crippen LogP contribution is -2.61. The highest BCUT2D eigenvalue weighted by atomic mass is 16.5. The van der Waals surface area contributed by atoms with Crippen LogP contribution < -0.4 is 20.0 Å². The van der Waals surface area contributed by atoms with Crippen LogP contribution in [0.5, 0.6) is 5.75 Å². The molecule has 1 unspecified atom stereocenters. The van der Waals surface area contributed by atoms with E-state index < -0.39 is 6.17 Å². The second-order valence-electron chi connectivity index (χ2n) is 10.1. The number of rotatable bonds is 8. The van der Waals surface area contributed by atoms with Gasteiger partial charge in [-0.15, -0.1) is 0 Å². The van der Waals surface area contributed by atoms with Gasteiger partial charge in [-0.3, -0.25) is 20.0 Å². The molecule has 1 atom stereocenters. The summed E-state index contributed by atoms with van der Waals surface area (Å²) in [6.07, 6.45) is 0.0179. The molecular formula is C32H35N5O3. The molecular weight excluding hydrogens is 502 g/mol.